The molecule has 0 radical (unpaired) electrons. The molecule has 98 valence electrons. The average Bonchev–Trinajstić information content (AvgIpc) is 2.49. The molecule has 19 heavy (non-hydrogen) atoms. The number of benzene rings is 1. The van der Waals surface area contributed by atoms with Crippen LogP contribution in [0.1, 0.15) is 24.5 Å². The van der Waals surface area contributed by atoms with Gasteiger partial charge in [-0.25, -0.2) is 4.98 Å². The molecule has 1 unspecified atom stereocenters. The van der Waals surface area contributed by atoms with E-state index < -0.39 is 0 Å². The molecule has 2 aromatic rings. The monoisotopic (exact) mass is 253 g/mol. The van der Waals surface area contributed by atoms with Crippen LogP contribution in [0.2, 0.25) is 0 Å². The summed E-state index contributed by atoms with van der Waals surface area (Å²) in [6.45, 7) is 2.13. The van der Waals surface area contributed by atoms with E-state index in [1.54, 1.807) is 0 Å². The lowest BCUT2D eigenvalue weighted by molar-refractivity contribution is 0.455. The fourth-order valence-corrected chi connectivity index (χ4v) is 2.68. The van der Waals surface area contributed by atoms with Crippen LogP contribution in [-0.4, -0.2) is 18.1 Å². The van der Waals surface area contributed by atoms with Crippen molar-refractivity contribution in [1.29, 1.82) is 0 Å². The third-order valence-electron chi connectivity index (χ3n) is 3.75. The van der Waals surface area contributed by atoms with Gasteiger partial charge in [0.15, 0.2) is 0 Å². The highest BCUT2D eigenvalue weighted by Crippen LogP contribution is 2.28. The zero-order chi connectivity index (χ0) is 13.1. The average molecular weight is 253 g/mol. The molecule has 2 heterocycles. The Labute approximate surface area is 113 Å². The second-order valence-corrected chi connectivity index (χ2v) is 5.08. The molecular formula is C16H19N3. The predicted octanol–water partition coefficient (Wildman–Crippen LogP) is 2.80. The number of anilines is 1. The van der Waals surface area contributed by atoms with E-state index in [0.29, 0.717) is 11.7 Å². The molecule has 1 aliphatic rings. The largest absolute Gasteiger partial charge is 0.383 e. The second kappa shape index (κ2) is 5.41. The number of hydrogen-bond acceptors (Lipinski definition) is 3. The predicted molar refractivity (Wildman–Crippen MR) is 78.9 cm³/mol. The van der Waals surface area contributed by atoms with Crippen LogP contribution in [-0.2, 0) is 0 Å². The SMILES string of the molecule is Nc1nc(C2CCCNC2)ccc1-c1ccccc1. The maximum absolute atomic E-state index is 6.13. The van der Waals surface area contributed by atoms with Gasteiger partial charge in [0.1, 0.15) is 5.82 Å². The molecule has 3 rings (SSSR count). The van der Waals surface area contributed by atoms with Crippen LogP contribution in [0.25, 0.3) is 11.1 Å². The van der Waals surface area contributed by atoms with Crippen LogP contribution in [0, 0.1) is 0 Å². The zero-order valence-electron chi connectivity index (χ0n) is 11.0. The van der Waals surface area contributed by atoms with Gasteiger partial charge in [-0.1, -0.05) is 30.3 Å². The highest BCUT2D eigenvalue weighted by atomic mass is 14.9. The highest BCUT2D eigenvalue weighted by Gasteiger charge is 2.17. The van der Waals surface area contributed by atoms with Crippen LogP contribution in [0.5, 0.6) is 0 Å². The maximum Gasteiger partial charge on any atom is 0.131 e. The molecule has 1 fully saturated rings. The molecule has 1 atom stereocenters. The van der Waals surface area contributed by atoms with Crippen LogP contribution in [0.3, 0.4) is 0 Å². The van der Waals surface area contributed by atoms with Crippen molar-refractivity contribution in [2.75, 3.05) is 18.8 Å². The van der Waals surface area contributed by atoms with Crippen molar-refractivity contribution in [3.05, 3.63) is 48.2 Å². The van der Waals surface area contributed by atoms with Crippen LogP contribution in [0.15, 0.2) is 42.5 Å². The zero-order valence-corrected chi connectivity index (χ0v) is 11.0. The molecule has 0 amide bonds. The number of aromatic nitrogens is 1. The Morgan fingerprint density at radius 2 is 1.95 bits per heavy atom. The number of pyridine rings is 1. The minimum absolute atomic E-state index is 0.501. The first-order valence-electron chi connectivity index (χ1n) is 6.87. The standard InChI is InChI=1S/C16H19N3/c17-16-14(12-5-2-1-3-6-12)8-9-15(19-16)13-7-4-10-18-11-13/h1-3,5-6,8-9,13,18H,4,7,10-11H2,(H2,17,19). The van der Waals surface area contributed by atoms with E-state index >= 15 is 0 Å². The Morgan fingerprint density at radius 1 is 1.11 bits per heavy atom. The van der Waals surface area contributed by atoms with Gasteiger partial charge >= 0.3 is 0 Å². The van der Waals surface area contributed by atoms with Crippen LogP contribution in [0.4, 0.5) is 5.82 Å². The highest BCUT2D eigenvalue weighted by molar-refractivity contribution is 5.73. The second-order valence-electron chi connectivity index (χ2n) is 5.08. The van der Waals surface area contributed by atoms with E-state index in [2.05, 4.69) is 34.6 Å². The van der Waals surface area contributed by atoms with Crippen molar-refractivity contribution in [3.8, 4) is 11.1 Å². The minimum atomic E-state index is 0.501. The number of nitrogens with two attached hydrogens (primary N) is 1. The summed E-state index contributed by atoms with van der Waals surface area (Å²) in [5.74, 6) is 1.13. The quantitative estimate of drug-likeness (QED) is 0.865. The van der Waals surface area contributed by atoms with E-state index in [1.807, 2.05) is 18.2 Å². The molecule has 0 bridgehead atoms. The Morgan fingerprint density at radius 3 is 2.63 bits per heavy atom. The number of nitrogen functional groups attached to an aromatic ring is 1. The fourth-order valence-electron chi connectivity index (χ4n) is 2.68. The van der Waals surface area contributed by atoms with E-state index in [4.69, 9.17) is 5.73 Å². The van der Waals surface area contributed by atoms with Crippen molar-refractivity contribution in [1.82, 2.24) is 10.3 Å². The molecule has 1 aromatic heterocycles. The van der Waals surface area contributed by atoms with Gasteiger partial charge in [-0.2, -0.15) is 0 Å². The van der Waals surface area contributed by atoms with Crippen molar-refractivity contribution in [3.63, 3.8) is 0 Å². The van der Waals surface area contributed by atoms with E-state index in [-0.39, 0.29) is 0 Å². The number of hydrogen-bond donors (Lipinski definition) is 2. The molecule has 0 spiro atoms. The van der Waals surface area contributed by atoms with Gasteiger partial charge in [0.25, 0.3) is 0 Å². The van der Waals surface area contributed by atoms with Crippen molar-refractivity contribution < 1.29 is 0 Å². The lowest BCUT2D eigenvalue weighted by Crippen LogP contribution is -2.28. The molecule has 3 nitrogen and oxygen atoms in total. The summed E-state index contributed by atoms with van der Waals surface area (Å²) in [5, 5.41) is 3.42. The first-order chi connectivity index (χ1) is 9.34. The normalized spacial score (nSPS) is 19.3. The minimum Gasteiger partial charge on any atom is -0.383 e. The summed E-state index contributed by atoms with van der Waals surface area (Å²) in [7, 11) is 0. The van der Waals surface area contributed by atoms with E-state index in [9.17, 15) is 0 Å². The Kier molecular flexibility index (Phi) is 3.47. The van der Waals surface area contributed by atoms with Gasteiger partial charge in [-0.15, -0.1) is 0 Å². The molecule has 1 saturated heterocycles. The van der Waals surface area contributed by atoms with Crippen LogP contribution < -0.4 is 11.1 Å². The van der Waals surface area contributed by atoms with Crippen LogP contribution >= 0.6 is 0 Å². The Bertz CT molecular complexity index is 545. The first kappa shape index (κ1) is 12.2. The van der Waals surface area contributed by atoms with Gasteiger partial charge < -0.3 is 11.1 Å². The van der Waals surface area contributed by atoms with Crippen molar-refractivity contribution in [2.24, 2.45) is 0 Å². The topological polar surface area (TPSA) is 50.9 Å². The molecule has 3 N–H and O–H groups in total. The van der Waals surface area contributed by atoms with Gasteiger partial charge in [-0.3, -0.25) is 0 Å². The Hall–Kier alpha value is -1.87. The lowest BCUT2D eigenvalue weighted by atomic mass is 9.94. The van der Waals surface area contributed by atoms with E-state index in [1.165, 1.54) is 12.8 Å². The summed E-state index contributed by atoms with van der Waals surface area (Å²) in [4.78, 5) is 4.61. The number of nitrogens with zero attached hydrogens (tertiary/aromatic N) is 1. The molecule has 0 aliphatic carbocycles. The third-order valence-corrected chi connectivity index (χ3v) is 3.75. The molecular weight excluding hydrogens is 234 g/mol. The van der Waals surface area contributed by atoms with Gasteiger partial charge in [0, 0.05) is 23.7 Å². The summed E-state index contributed by atoms with van der Waals surface area (Å²) >= 11 is 0. The number of rotatable bonds is 2. The molecule has 1 aliphatic heterocycles. The maximum atomic E-state index is 6.13. The summed E-state index contributed by atoms with van der Waals surface area (Å²) in [5.41, 5.74) is 9.39. The Balaban J connectivity index is 1.89. The summed E-state index contributed by atoms with van der Waals surface area (Å²) in [6.07, 6.45) is 2.41. The van der Waals surface area contributed by atoms with Crippen molar-refractivity contribution in [2.45, 2.75) is 18.8 Å². The number of nitrogens with one attached hydrogen (secondary N) is 1. The third kappa shape index (κ3) is 2.61. The number of piperidine rings is 1. The summed E-state index contributed by atoms with van der Waals surface area (Å²) < 4.78 is 0. The van der Waals surface area contributed by atoms with Gasteiger partial charge in [0.2, 0.25) is 0 Å². The molecule has 1 aromatic carbocycles. The first-order valence-corrected chi connectivity index (χ1v) is 6.87. The fraction of sp³-hybridized carbons (Fsp3) is 0.312. The molecule has 3 heteroatoms. The molecule has 0 saturated carbocycles. The smallest absolute Gasteiger partial charge is 0.131 e. The van der Waals surface area contributed by atoms with Gasteiger partial charge in [-0.05, 0) is 37.1 Å². The van der Waals surface area contributed by atoms with E-state index in [0.717, 1.165) is 29.9 Å². The summed E-state index contributed by atoms with van der Waals surface area (Å²) in [6, 6.07) is 14.4. The van der Waals surface area contributed by atoms with Gasteiger partial charge in [0.05, 0.1) is 0 Å². The van der Waals surface area contributed by atoms with Crippen molar-refractivity contribution >= 4 is 5.82 Å². The lowest BCUT2D eigenvalue weighted by Gasteiger charge is -2.22.